The van der Waals surface area contributed by atoms with Crippen molar-refractivity contribution in [2.75, 3.05) is 0 Å². The van der Waals surface area contributed by atoms with Gasteiger partial charge in [0.2, 0.25) is 8.32 Å². The van der Waals surface area contributed by atoms with E-state index in [9.17, 15) is 4.79 Å². The van der Waals surface area contributed by atoms with Crippen LogP contribution in [0.25, 0.3) is 0 Å². The van der Waals surface area contributed by atoms with Crippen molar-refractivity contribution in [2.45, 2.75) is 26.1 Å². The Morgan fingerprint density at radius 3 is 2.56 bits per heavy atom. The maximum atomic E-state index is 10.6. The molecule has 0 aliphatic heterocycles. The molecular weight excluding hydrogens is 288 g/mol. The number of halogens is 1. The molecule has 0 atom stereocenters. The van der Waals surface area contributed by atoms with Crippen molar-refractivity contribution < 1.29 is 14.3 Å². The van der Waals surface area contributed by atoms with E-state index >= 15 is 0 Å². The Morgan fingerprint density at radius 2 is 2.06 bits per heavy atom. The van der Waals surface area contributed by atoms with Gasteiger partial charge in [0, 0.05) is 0 Å². The molecule has 0 spiro atoms. The summed E-state index contributed by atoms with van der Waals surface area (Å²) in [4.78, 5) is 10.6. The van der Waals surface area contributed by atoms with Crippen molar-refractivity contribution in [3.05, 3.63) is 28.2 Å². The van der Waals surface area contributed by atoms with Gasteiger partial charge in [0.05, 0.1) is 10.9 Å². The Labute approximate surface area is 105 Å². The summed E-state index contributed by atoms with van der Waals surface area (Å²) < 4.78 is 6.72. The number of carboxylic acids is 1. The SMILES string of the molecule is C[Si](C)(C)Oc1cc(CC(=O)O)ccc1Br. The summed E-state index contributed by atoms with van der Waals surface area (Å²) in [6, 6.07) is 5.40. The molecule has 1 aromatic carbocycles. The predicted octanol–water partition coefficient (Wildman–Crippen LogP) is 3.29. The van der Waals surface area contributed by atoms with Crippen LogP contribution in [0.5, 0.6) is 5.75 Å². The van der Waals surface area contributed by atoms with E-state index in [-0.39, 0.29) is 6.42 Å². The fraction of sp³-hybridized carbons (Fsp3) is 0.364. The Morgan fingerprint density at radius 1 is 1.44 bits per heavy atom. The van der Waals surface area contributed by atoms with Gasteiger partial charge in [0.25, 0.3) is 0 Å². The first-order valence-electron chi connectivity index (χ1n) is 4.97. The topological polar surface area (TPSA) is 46.5 Å². The lowest BCUT2D eigenvalue weighted by atomic mass is 10.1. The number of carboxylic acid groups (broad SMARTS) is 1. The van der Waals surface area contributed by atoms with Crippen LogP contribution in [-0.4, -0.2) is 19.4 Å². The third-order valence-electron chi connectivity index (χ3n) is 1.77. The minimum absolute atomic E-state index is 0.0232. The Kier molecular flexibility index (Phi) is 4.15. The van der Waals surface area contributed by atoms with Gasteiger partial charge in [-0.25, -0.2) is 0 Å². The molecule has 3 nitrogen and oxygen atoms in total. The highest BCUT2D eigenvalue weighted by molar-refractivity contribution is 9.10. The summed E-state index contributed by atoms with van der Waals surface area (Å²) >= 11 is 3.40. The molecule has 0 aromatic heterocycles. The van der Waals surface area contributed by atoms with E-state index in [2.05, 4.69) is 35.6 Å². The molecule has 16 heavy (non-hydrogen) atoms. The third-order valence-corrected chi connectivity index (χ3v) is 3.25. The van der Waals surface area contributed by atoms with Crippen molar-refractivity contribution in [2.24, 2.45) is 0 Å². The highest BCUT2D eigenvalue weighted by atomic mass is 79.9. The molecule has 0 unspecified atom stereocenters. The van der Waals surface area contributed by atoms with Crippen molar-refractivity contribution >= 4 is 30.2 Å². The Bertz CT molecular complexity index is 399. The quantitative estimate of drug-likeness (QED) is 0.868. The van der Waals surface area contributed by atoms with Gasteiger partial charge in [-0.2, -0.15) is 0 Å². The van der Waals surface area contributed by atoms with E-state index in [1.54, 1.807) is 12.1 Å². The van der Waals surface area contributed by atoms with Gasteiger partial charge in [-0.05, 0) is 53.3 Å². The second-order valence-corrected chi connectivity index (χ2v) is 9.83. The van der Waals surface area contributed by atoms with Gasteiger partial charge in [0.15, 0.2) is 0 Å². The van der Waals surface area contributed by atoms with Crippen LogP contribution < -0.4 is 4.43 Å². The number of hydrogen-bond acceptors (Lipinski definition) is 2. The molecule has 0 aliphatic rings. The summed E-state index contributed by atoms with van der Waals surface area (Å²) in [5.74, 6) is -0.0980. The summed E-state index contributed by atoms with van der Waals surface area (Å²) in [5, 5.41) is 8.72. The lowest BCUT2D eigenvalue weighted by Gasteiger charge is -2.20. The minimum Gasteiger partial charge on any atom is -0.544 e. The molecule has 1 N–H and O–H groups in total. The monoisotopic (exact) mass is 302 g/mol. The molecule has 5 heteroatoms. The first kappa shape index (κ1) is 13.3. The summed E-state index contributed by atoms with van der Waals surface area (Å²) in [6.07, 6.45) is 0.0232. The lowest BCUT2D eigenvalue weighted by molar-refractivity contribution is -0.136. The lowest BCUT2D eigenvalue weighted by Crippen LogP contribution is -2.29. The molecule has 0 fully saturated rings. The molecule has 0 saturated carbocycles. The first-order valence-corrected chi connectivity index (χ1v) is 9.17. The number of benzene rings is 1. The smallest absolute Gasteiger partial charge is 0.307 e. The molecule has 0 bridgehead atoms. The van der Waals surface area contributed by atoms with Crippen LogP contribution in [-0.2, 0) is 11.2 Å². The second-order valence-electron chi connectivity index (χ2n) is 4.55. The fourth-order valence-electron chi connectivity index (χ4n) is 1.24. The van der Waals surface area contributed by atoms with Crippen LogP contribution in [0.2, 0.25) is 19.6 Å². The number of aliphatic carboxylic acids is 1. The standard InChI is InChI=1S/C11H15BrO3Si/c1-16(2,3)15-10-6-8(7-11(13)14)4-5-9(10)12/h4-6H,7H2,1-3H3,(H,13,14). The van der Waals surface area contributed by atoms with Gasteiger partial charge < -0.3 is 9.53 Å². The van der Waals surface area contributed by atoms with Crippen LogP contribution in [0, 0.1) is 0 Å². The van der Waals surface area contributed by atoms with Crippen LogP contribution in [0.4, 0.5) is 0 Å². The van der Waals surface area contributed by atoms with E-state index in [0.29, 0.717) is 0 Å². The highest BCUT2D eigenvalue weighted by Gasteiger charge is 2.18. The van der Waals surface area contributed by atoms with Gasteiger partial charge >= 0.3 is 5.97 Å². The predicted molar refractivity (Wildman–Crippen MR) is 69.5 cm³/mol. The molecule has 1 rings (SSSR count). The Balaban J connectivity index is 2.95. The van der Waals surface area contributed by atoms with E-state index in [4.69, 9.17) is 9.53 Å². The molecule has 88 valence electrons. The normalized spacial score (nSPS) is 11.2. The van der Waals surface area contributed by atoms with Crippen LogP contribution in [0.3, 0.4) is 0 Å². The van der Waals surface area contributed by atoms with Crippen molar-refractivity contribution in [1.82, 2.24) is 0 Å². The molecule has 1 aromatic rings. The van der Waals surface area contributed by atoms with Gasteiger partial charge in [-0.3, -0.25) is 4.79 Å². The fourth-order valence-corrected chi connectivity index (χ4v) is 2.55. The highest BCUT2D eigenvalue weighted by Crippen LogP contribution is 2.28. The van der Waals surface area contributed by atoms with Gasteiger partial charge in [-0.1, -0.05) is 6.07 Å². The maximum Gasteiger partial charge on any atom is 0.307 e. The summed E-state index contributed by atoms with van der Waals surface area (Å²) in [7, 11) is -1.67. The molecule has 0 radical (unpaired) electrons. The average Bonchev–Trinajstić information content (AvgIpc) is 2.07. The zero-order valence-electron chi connectivity index (χ0n) is 9.58. The van der Waals surface area contributed by atoms with Crippen molar-refractivity contribution in [3.8, 4) is 5.75 Å². The van der Waals surface area contributed by atoms with Crippen LogP contribution >= 0.6 is 15.9 Å². The first-order chi connectivity index (χ1) is 7.28. The van der Waals surface area contributed by atoms with Crippen molar-refractivity contribution in [3.63, 3.8) is 0 Å². The van der Waals surface area contributed by atoms with E-state index in [0.717, 1.165) is 15.8 Å². The number of rotatable bonds is 4. The Hall–Kier alpha value is -0.813. The van der Waals surface area contributed by atoms with E-state index < -0.39 is 14.3 Å². The third kappa shape index (κ3) is 4.36. The van der Waals surface area contributed by atoms with Crippen LogP contribution in [0.1, 0.15) is 5.56 Å². The summed E-state index contributed by atoms with van der Waals surface area (Å²) in [5.41, 5.74) is 0.754. The van der Waals surface area contributed by atoms with E-state index in [1.165, 1.54) is 0 Å². The molecule has 0 saturated heterocycles. The second kappa shape index (κ2) is 5.01. The number of carbonyl (C=O) groups is 1. The summed E-state index contributed by atoms with van der Waals surface area (Å²) in [6.45, 7) is 6.26. The number of hydrogen-bond donors (Lipinski definition) is 1. The largest absolute Gasteiger partial charge is 0.544 e. The molecule has 0 amide bonds. The minimum atomic E-state index is -1.67. The van der Waals surface area contributed by atoms with Crippen LogP contribution in [0.15, 0.2) is 22.7 Å². The zero-order valence-corrected chi connectivity index (χ0v) is 12.2. The maximum absolute atomic E-state index is 10.6. The molecule has 0 aliphatic carbocycles. The van der Waals surface area contributed by atoms with Crippen molar-refractivity contribution in [1.29, 1.82) is 0 Å². The zero-order chi connectivity index (χ0) is 12.3. The molecule has 0 heterocycles. The van der Waals surface area contributed by atoms with Gasteiger partial charge in [-0.15, -0.1) is 0 Å². The molecular formula is C11H15BrO3Si. The average molecular weight is 303 g/mol. The van der Waals surface area contributed by atoms with Gasteiger partial charge in [0.1, 0.15) is 5.75 Å². The van der Waals surface area contributed by atoms with E-state index in [1.807, 2.05) is 6.07 Å².